The third-order valence-electron chi connectivity index (χ3n) is 7.00. The molecule has 0 bridgehead atoms. The van der Waals surface area contributed by atoms with Crippen molar-refractivity contribution < 1.29 is 32.2 Å². The second-order valence-corrected chi connectivity index (χ2v) is 9.76. The highest BCUT2D eigenvalue weighted by Gasteiger charge is 2.22. The first-order chi connectivity index (χ1) is 21.1. The van der Waals surface area contributed by atoms with Crippen molar-refractivity contribution in [2.45, 2.75) is 20.4 Å². The maximum absolute atomic E-state index is 15.2. The number of nitrogens with zero attached hydrogens (tertiary/aromatic N) is 3. The van der Waals surface area contributed by atoms with E-state index in [1.54, 1.807) is 13.0 Å². The minimum absolute atomic E-state index is 0.0443. The zero-order valence-electron chi connectivity index (χ0n) is 24.2. The van der Waals surface area contributed by atoms with E-state index in [-0.39, 0.29) is 46.4 Å². The SMILES string of the molecule is COc1cc2nccc(Oc3ccc(NC(=O)c4c(C)n(CCF)cc(-c5ccc(F)c(C)c5)c4=O)cc3F)c2nc1OC. The zero-order valence-corrected chi connectivity index (χ0v) is 24.2. The van der Waals surface area contributed by atoms with Crippen molar-refractivity contribution in [2.75, 3.05) is 26.2 Å². The smallest absolute Gasteiger partial charge is 0.261 e. The molecule has 9 nitrogen and oxygen atoms in total. The summed E-state index contributed by atoms with van der Waals surface area (Å²) in [6.07, 6.45) is 2.91. The minimum atomic E-state index is -0.820. The Labute approximate surface area is 249 Å². The Kier molecular flexibility index (Phi) is 8.52. The van der Waals surface area contributed by atoms with Crippen LogP contribution in [0.25, 0.3) is 22.2 Å². The summed E-state index contributed by atoms with van der Waals surface area (Å²) < 4.78 is 60.2. The summed E-state index contributed by atoms with van der Waals surface area (Å²) >= 11 is 0. The van der Waals surface area contributed by atoms with Crippen LogP contribution in [0.1, 0.15) is 21.6 Å². The maximum Gasteiger partial charge on any atom is 0.261 e. The fraction of sp³-hybridized carbons (Fsp3) is 0.188. The normalized spacial score (nSPS) is 11.0. The molecule has 3 heterocycles. The molecule has 1 N–H and O–H groups in total. The summed E-state index contributed by atoms with van der Waals surface area (Å²) in [7, 11) is 2.89. The molecule has 226 valence electrons. The average molecular weight is 605 g/mol. The van der Waals surface area contributed by atoms with Crippen LogP contribution in [-0.4, -0.2) is 41.3 Å². The highest BCUT2D eigenvalue weighted by atomic mass is 19.1. The van der Waals surface area contributed by atoms with Crippen LogP contribution in [-0.2, 0) is 6.54 Å². The van der Waals surface area contributed by atoms with Gasteiger partial charge in [-0.25, -0.2) is 18.2 Å². The number of nitrogens with one attached hydrogen (secondary N) is 1. The monoisotopic (exact) mass is 604 g/mol. The molecule has 12 heteroatoms. The third kappa shape index (κ3) is 5.78. The molecule has 1 amide bonds. The van der Waals surface area contributed by atoms with Crippen molar-refractivity contribution in [1.29, 1.82) is 0 Å². The summed E-state index contributed by atoms with van der Waals surface area (Å²) in [6, 6.07) is 11.0. The largest absolute Gasteiger partial charge is 0.491 e. The Hall–Kier alpha value is -5.39. The molecule has 0 radical (unpaired) electrons. The molecule has 0 fully saturated rings. The quantitative estimate of drug-likeness (QED) is 0.208. The molecule has 0 unspecified atom stereocenters. The minimum Gasteiger partial charge on any atom is -0.491 e. The van der Waals surface area contributed by atoms with Gasteiger partial charge >= 0.3 is 0 Å². The van der Waals surface area contributed by atoms with Gasteiger partial charge in [0.05, 0.1) is 26.3 Å². The molecule has 2 aromatic carbocycles. The Balaban J connectivity index is 1.46. The number of hydrogen-bond acceptors (Lipinski definition) is 7. The van der Waals surface area contributed by atoms with E-state index < -0.39 is 29.6 Å². The number of alkyl halides is 1. The van der Waals surface area contributed by atoms with E-state index in [0.29, 0.717) is 27.9 Å². The van der Waals surface area contributed by atoms with Gasteiger partial charge in [-0.2, -0.15) is 0 Å². The molecule has 3 aromatic heterocycles. The number of pyridine rings is 3. The number of ether oxygens (including phenoxy) is 3. The predicted octanol–water partition coefficient (Wildman–Crippen LogP) is 6.38. The van der Waals surface area contributed by atoms with E-state index in [4.69, 9.17) is 14.2 Å². The van der Waals surface area contributed by atoms with Gasteiger partial charge in [-0.1, -0.05) is 6.07 Å². The molecule has 0 saturated heterocycles. The zero-order chi connectivity index (χ0) is 31.5. The van der Waals surface area contributed by atoms with E-state index in [2.05, 4.69) is 15.3 Å². The van der Waals surface area contributed by atoms with Crippen molar-refractivity contribution in [2.24, 2.45) is 0 Å². The van der Waals surface area contributed by atoms with Gasteiger partial charge in [-0.05, 0) is 49.2 Å². The lowest BCUT2D eigenvalue weighted by atomic mass is 10.0. The van der Waals surface area contributed by atoms with Crippen LogP contribution in [0, 0.1) is 25.5 Å². The number of methoxy groups -OCH3 is 2. The summed E-state index contributed by atoms with van der Waals surface area (Å²) in [5.74, 6) is -1.50. The van der Waals surface area contributed by atoms with Crippen molar-refractivity contribution >= 4 is 22.6 Å². The van der Waals surface area contributed by atoms with Crippen molar-refractivity contribution in [3.63, 3.8) is 0 Å². The van der Waals surface area contributed by atoms with Gasteiger partial charge in [0.25, 0.3) is 11.8 Å². The van der Waals surface area contributed by atoms with Gasteiger partial charge in [-0.3, -0.25) is 14.6 Å². The molecule has 0 atom stereocenters. The van der Waals surface area contributed by atoms with Crippen molar-refractivity contribution in [3.8, 4) is 34.3 Å². The van der Waals surface area contributed by atoms with Crippen LogP contribution >= 0.6 is 0 Å². The van der Waals surface area contributed by atoms with Crippen LogP contribution in [0.15, 0.2) is 65.7 Å². The molecule has 5 aromatic rings. The highest BCUT2D eigenvalue weighted by molar-refractivity contribution is 6.05. The molecule has 0 aliphatic heterocycles. The molecular weight excluding hydrogens is 577 g/mol. The third-order valence-corrected chi connectivity index (χ3v) is 7.00. The lowest BCUT2D eigenvalue weighted by Gasteiger charge is -2.16. The van der Waals surface area contributed by atoms with Gasteiger partial charge in [0.2, 0.25) is 5.43 Å². The Bertz CT molecular complexity index is 1960. The van der Waals surface area contributed by atoms with Gasteiger partial charge in [0, 0.05) is 47.5 Å². The molecule has 0 saturated carbocycles. The second-order valence-electron chi connectivity index (χ2n) is 9.76. The van der Waals surface area contributed by atoms with E-state index >= 15 is 4.39 Å². The number of rotatable bonds is 9. The number of anilines is 1. The topological polar surface area (TPSA) is 105 Å². The second kappa shape index (κ2) is 12.5. The van der Waals surface area contributed by atoms with Gasteiger partial charge in [0.1, 0.15) is 23.6 Å². The average Bonchev–Trinajstić information content (AvgIpc) is 3.00. The first-order valence-electron chi connectivity index (χ1n) is 13.4. The Morgan fingerprint density at radius 3 is 2.43 bits per heavy atom. The van der Waals surface area contributed by atoms with Crippen LogP contribution in [0.5, 0.6) is 23.1 Å². The number of hydrogen-bond donors (Lipinski definition) is 1. The van der Waals surface area contributed by atoms with E-state index in [1.807, 2.05) is 0 Å². The van der Waals surface area contributed by atoms with E-state index in [0.717, 1.165) is 6.07 Å². The standard InChI is InChI=1S/C32H27F3N4O5/c1-17-13-19(5-7-22(17)34)21-16-39(12-10-33)18(2)28(30(21)40)31(41)37-20-6-8-25(23(35)14-20)44-26-9-11-36-24-15-27(42-3)32(43-4)38-29(24)26/h5-9,11,13-16H,10,12H2,1-4H3,(H,37,41). The molecule has 0 aliphatic rings. The van der Waals surface area contributed by atoms with Crippen molar-refractivity contribution in [3.05, 3.63) is 99.6 Å². The van der Waals surface area contributed by atoms with Crippen LogP contribution in [0.2, 0.25) is 0 Å². The summed E-state index contributed by atoms with van der Waals surface area (Å²) in [5.41, 5.74) is 0.882. The lowest BCUT2D eigenvalue weighted by molar-refractivity contribution is 0.102. The molecule has 0 aliphatic carbocycles. The van der Waals surface area contributed by atoms with Crippen molar-refractivity contribution in [1.82, 2.24) is 14.5 Å². The summed E-state index contributed by atoms with van der Waals surface area (Å²) in [6.45, 7) is 2.20. The summed E-state index contributed by atoms with van der Waals surface area (Å²) in [5, 5.41) is 2.54. The first kappa shape index (κ1) is 30.1. The number of benzene rings is 2. The predicted molar refractivity (Wildman–Crippen MR) is 159 cm³/mol. The Morgan fingerprint density at radius 2 is 1.75 bits per heavy atom. The molecule has 44 heavy (non-hydrogen) atoms. The highest BCUT2D eigenvalue weighted by Crippen LogP contribution is 2.35. The molecule has 0 spiro atoms. The lowest BCUT2D eigenvalue weighted by Crippen LogP contribution is -2.27. The maximum atomic E-state index is 15.2. The number of fused-ring (bicyclic) bond motifs is 1. The number of aromatic nitrogens is 3. The van der Waals surface area contributed by atoms with E-state index in [1.165, 1.54) is 74.5 Å². The van der Waals surface area contributed by atoms with Crippen LogP contribution in [0.4, 0.5) is 18.9 Å². The van der Waals surface area contributed by atoms with Crippen LogP contribution < -0.4 is 25.0 Å². The first-order valence-corrected chi connectivity index (χ1v) is 13.4. The van der Waals surface area contributed by atoms with Gasteiger partial charge < -0.3 is 24.1 Å². The number of aryl methyl sites for hydroxylation is 2. The fourth-order valence-corrected chi connectivity index (χ4v) is 4.72. The number of carbonyl (C=O) groups excluding carboxylic acids is 1. The summed E-state index contributed by atoms with van der Waals surface area (Å²) in [4.78, 5) is 35.5. The van der Waals surface area contributed by atoms with E-state index in [9.17, 15) is 18.4 Å². The fourth-order valence-electron chi connectivity index (χ4n) is 4.72. The van der Waals surface area contributed by atoms with Crippen LogP contribution in [0.3, 0.4) is 0 Å². The number of amides is 1. The number of carbonyl (C=O) groups is 1. The van der Waals surface area contributed by atoms with Gasteiger partial charge in [0.15, 0.2) is 23.1 Å². The van der Waals surface area contributed by atoms with Gasteiger partial charge in [-0.15, -0.1) is 0 Å². The molecule has 5 rings (SSSR count). The number of halogens is 3. The Morgan fingerprint density at radius 1 is 0.955 bits per heavy atom. The molecular formula is C32H27F3N4O5.